The topological polar surface area (TPSA) is 0 Å². The molecule has 0 aliphatic heterocycles. The van der Waals surface area contributed by atoms with Crippen molar-refractivity contribution >= 4 is 0 Å². The fraction of sp³-hybridized carbons (Fsp3) is 1.00. The van der Waals surface area contributed by atoms with Gasteiger partial charge in [0.1, 0.15) is 0 Å². The first-order chi connectivity index (χ1) is 14.3. The summed E-state index contributed by atoms with van der Waals surface area (Å²) in [6.07, 6.45) is 28.7. The van der Waals surface area contributed by atoms with Gasteiger partial charge in [-0.05, 0) is 93.3 Å². The summed E-state index contributed by atoms with van der Waals surface area (Å²) in [7, 11) is 0. The van der Waals surface area contributed by atoms with E-state index in [1.54, 1.807) is 51.4 Å². The lowest BCUT2D eigenvalue weighted by Gasteiger charge is -2.41. The Morgan fingerprint density at radius 1 is 0.483 bits per heavy atom. The third-order valence-electron chi connectivity index (χ3n) is 9.39. The van der Waals surface area contributed by atoms with Crippen LogP contribution in [0.5, 0.6) is 0 Å². The molecule has 3 aliphatic rings. The fourth-order valence-corrected chi connectivity index (χ4v) is 7.37. The van der Waals surface area contributed by atoms with E-state index < -0.39 is 0 Å². The van der Waals surface area contributed by atoms with Crippen LogP contribution >= 0.6 is 0 Å². The highest BCUT2D eigenvalue weighted by atomic mass is 19.1. The van der Waals surface area contributed by atoms with Crippen LogP contribution in [-0.4, -0.2) is 6.67 Å². The Balaban J connectivity index is 1.27. The summed E-state index contributed by atoms with van der Waals surface area (Å²) in [5.74, 6) is 6.31. The lowest BCUT2D eigenvalue weighted by atomic mass is 9.64. The summed E-state index contributed by atoms with van der Waals surface area (Å²) >= 11 is 0. The molecule has 0 N–H and O–H groups in total. The lowest BCUT2D eigenvalue weighted by molar-refractivity contribution is 0.102. The molecular formula is C28H51F. The molecule has 0 unspecified atom stereocenters. The van der Waals surface area contributed by atoms with Gasteiger partial charge in [-0.15, -0.1) is 0 Å². The molecule has 0 saturated heterocycles. The standard InChI is InChI=1S/C28H51F/c1-2-3-5-8-23-10-14-25(15-11-23)27-18-20-28(21-19-27)26-16-12-24(13-17-26)9-6-4-7-22-29/h23-28H,2-22H2,1H3. The van der Waals surface area contributed by atoms with Crippen molar-refractivity contribution in [1.29, 1.82) is 0 Å². The van der Waals surface area contributed by atoms with Crippen molar-refractivity contribution in [2.75, 3.05) is 6.67 Å². The summed E-state index contributed by atoms with van der Waals surface area (Å²) in [4.78, 5) is 0. The maximum Gasteiger partial charge on any atom is 0.0894 e. The van der Waals surface area contributed by atoms with E-state index in [1.807, 2.05) is 0 Å². The van der Waals surface area contributed by atoms with Crippen LogP contribution < -0.4 is 0 Å². The summed E-state index contributed by atoms with van der Waals surface area (Å²) < 4.78 is 12.2. The van der Waals surface area contributed by atoms with Gasteiger partial charge in [-0.3, -0.25) is 4.39 Å². The highest BCUT2D eigenvalue weighted by molar-refractivity contribution is 4.86. The first-order valence-corrected chi connectivity index (χ1v) is 13.9. The minimum atomic E-state index is -0.115. The molecule has 0 amide bonds. The first-order valence-electron chi connectivity index (χ1n) is 13.9. The Morgan fingerprint density at radius 2 is 0.862 bits per heavy atom. The van der Waals surface area contributed by atoms with Crippen LogP contribution in [0.2, 0.25) is 0 Å². The third kappa shape index (κ3) is 7.84. The summed E-state index contributed by atoms with van der Waals surface area (Å²) in [5.41, 5.74) is 0. The quantitative estimate of drug-likeness (QED) is 0.300. The molecule has 3 aliphatic carbocycles. The van der Waals surface area contributed by atoms with Crippen molar-refractivity contribution in [2.24, 2.45) is 35.5 Å². The van der Waals surface area contributed by atoms with Gasteiger partial charge in [0.05, 0.1) is 6.67 Å². The van der Waals surface area contributed by atoms with E-state index in [-0.39, 0.29) is 6.67 Å². The molecule has 0 aromatic heterocycles. The van der Waals surface area contributed by atoms with Crippen molar-refractivity contribution in [1.82, 2.24) is 0 Å². The molecule has 29 heavy (non-hydrogen) atoms. The van der Waals surface area contributed by atoms with Gasteiger partial charge in [-0.25, -0.2) is 0 Å². The predicted octanol–water partition coefficient (Wildman–Crippen LogP) is 9.52. The third-order valence-corrected chi connectivity index (χ3v) is 9.39. The maximum absolute atomic E-state index is 12.2. The maximum atomic E-state index is 12.2. The average Bonchev–Trinajstić information content (AvgIpc) is 2.78. The molecule has 0 spiro atoms. The molecule has 3 fully saturated rings. The van der Waals surface area contributed by atoms with Crippen molar-refractivity contribution in [2.45, 2.75) is 135 Å². The molecule has 0 aromatic rings. The van der Waals surface area contributed by atoms with Gasteiger partial charge >= 0.3 is 0 Å². The summed E-state index contributed by atoms with van der Waals surface area (Å²) in [5, 5.41) is 0. The van der Waals surface area contributed by atoms with Crippen LogP contribution in [-0.2, 0) is 0 Å². The van der Waals surface area contributed by atoms with Crippen LogP contribution in [0.3, 0.4) is 0 Å². The SMILES string of the molecule is CCCCCC1CCC(C2CCC(C3CCC(CCCCCF)CC3)CC2)CC1. The fourth-order valence-electron chi connectivity index (χ4n) is 7.37. The molecule has 3 saturated carbocycles. The molecule has 0 nitrogen and oxygen atoms in total. The predicted molar refractivity (Wildman–Crippen MR) is 125 cm³/mol. The van der Waals surface area contributed by atoms with Crippen LogP contribution in [0, 0.1) is 35.5 Å². The van der Waals surface area contributed by atoms with E-state index in [9.17, 15) is 4.39 Å². The van der Waals surface area contributed by atoms with E-state index in [1.165, 1.54) is 64.2 Å². The zero-order valence-electron chi connectivity index (χ0n) is 19.7. The van der Waals surface area contributed by atoms with Crippen molar-refractivity contribution in [3.05, 3.63) is 0 Å². The molecule has 0 atom stereocenters. The van der Waals surface area contributed by atoms with Gasteiger partial charge in [0.2, 0.25) is 0 Å². The van der Waals surface area contributed by atoms with Crippen LogP contribution in [0.4, 0.5) is 4.39 Å². The number of alkyl halides is 1. The molecule has 170 valence electrons. The molecule has 3 rings (SSSR count). The smallest absolute Gasteiger partial charge is 0.0894 e. The molecule has 0 bridgehead atoms. The van der Waals surface area contributed by atoms with E-state index >= 15 is 0 Å². The molecule has 0 aromatic carbocycles. The van der Waals surface area contributed by atoms with Gasteiger partial charge in [0.15, 0.2) is 0 Å². The highest BCUT2D eigenvalue weighted by Crippen LogP contribution is 2.46. The van der Waals surface area contributed by atoms with Crippen molar-refractivity contribution in [3.63, 3.8) is 0 Å². The largest absolute Gasteiger partial charge is 0.251 e. The zero-order valence-corrected chi connectivity index (χ0v) is 19.7. The monoisotopic (exact) mass is 406 g/mol. The minimum absolute atomic E-state index is 0.115. The van der Waals surface area contributed by atoms with Gasteiger partial charge in [0, 0.05) is 0 Å². The second kappa shape index (κ2) is 13.4. The van der Waals surface area contributed by atoms with Gasteiger partial charge in [-0.1, -0.05) is 77.6 Å². The van der Waals surface area contributed by atoms with Crippen molar-refractivity contribution < 1.29 is 4.39 Å². The van der Waals surface area contributed by atoms with E-state index in [4.69, 9.17) is 0 Å². The molecule has 1 heteroatoms. The minimum Gasteiger partial charge on any atom is -0.251 e. The second-order valence-electron chi connectivity index (χ2n) is 11.3. The van der Waals surface area contributed by atoms with Crippen molar-refractivity contribution in [3.8, 4) is 0 Å². The first kappa shape index (κ1) is 23.6. The molecular weight excluding hydrogens is 355 g/mol. The summed E-state index contributed by atoms with van der Waals surface area (Å²) in [6.45, 7) is 2.21. The van der Waals surface area contributed by atoms with E-state index in [0.717, 1.165) is 48.3 Å². The Labute approximate surface area is 182 Å². The molecule has 0 heterocycles. The Kier molecular flexibility index (Phi) is 10.9. The van der Waals surface area contributed by atoms with Crippen LogP contribution in [0.15, 0.2) is 0 Å². The second-order valence-corrected chi connectivity index (χ2v) is 11.3. The molecule has 0 radical (unpaired) electrons. The zero-order chi connectivity index (χ0) is 20.3. The number of hydrogen-bond acceptors (Lipinski definition) is 0. The number of halogens is 1. The number of rotatable bonds is 11. The van der Waals surface area contributed by atoms with E-state index in [2.05, 4.69) is 6.92 Å². The Morgan fingerprint density at radius 3 is 1.24 bits per heavy atom. The lowest BCUT2D eigenvalue weighted by Crippen LogP contribution is -2.29. The van der Waals surface area contributed by atoms with Gasteiger partial charge < -0.3 is 0 Å². The Bertz CT molecular complexity index is 395. The Hall–Kier alpha value is -0.0700. The normalized spacial score (nSPS) is 36.2. The van der Waals surface area contributed by atoms with Gasteiger partial charge in [-0.2, -0.15) is 0 Å². The number of hydrogen-bond donors (Lipinski definition) is 0. The summed E-state index contributed by atoms with van der Waals surface area (Å²) in [6, 6.07) is 0. The van der Waals surface area contributed by atoms with Crippen LogP contribution in [0.1, 0.15) is 135 Å². The highest BCUT2D eigenvalue weighted by Gasteiger charge is 2.34. The van der Waals surface area contributed by atoms with E-state index in [0.29, 0.717) is 0 Å². The average molecular weight is 407 g/mol. The van der Waals surface area contributed by atoms with Gasteiger partial charge in [0.25, 0.3) is 0 Å². The van der Waals surface area contributed by atoms with Crippen LogP contribution in [0.25, 0.3) is 0 Å². The number of unbranched alkanes of at least 4 members (excludes halogenated alkanes) is 4.